The van der Waals surface area contributed by atoms with Crippen molar-refractivity contribution in [2.24, 2.45) is 0 Å². The molecule has 0 bridgehead atoms. The van der Waals surface area contributed by atoms with Crippen LogP contribution in [0.4, 0.5) is 0 Å². The van der Waals surface area contributed by atoms with Gasteiger partial charge in [-0.2, -0.15) is 0 Å². The normalized spacial score (nSPS) is 34.5. The molecule has 1 aromatic rings. The largest absolute Gasteiger partial charge is 0.394 e. The van der Waals surface area contributed by atoms with Gasteiger partial charge in [0.2, 0.25) is 0 Å². The van der Waals surface area contributed by atoms with Crippen molar-refractivity contribution in [2.75, 3.05) is 6.61 Å². The van der Waals surface area contributed by atoms with Gasteiger partial charge < -0.3 is 29.2 Å². The highest BCUT2D eigenvalue weighted by atomic mass is 16.8. The summed E-state index contributed by atoms with van der Waals surface area (Å²) < 4.78 is 23.1. The number of hydrogen-bond donors (Lipinski definition) is 2. The van der Waals surface area contributed by atoms with Crippen molar-refractivity contribution in [3.05, 3.63) is 35.9 Å². The number of aliphatic hydroxyl groups excluding tert-OH is 2. The van der Waals surface area contributed by atoms with Gasteiger partial charge in [-0.3, -0.25) is 0 Å². The summed E-state index contributed by atoms with van der Waals surface area (Å²) in [5, 5.41) is 19.1. The van der Waals surface area contributed by atoms with E-state index in [1.165, 1.54) is 0 Å². The van der Waals surface area contributed by atoms with Crippen molar-refractivity contribution in [3.63, 3.8) is 0 Å². The molecule has 5 atom stereocenters. The zero-order valence-electron chi connectivity index (χ0n) is 12.7. The SMILES string of the molecule is CC1(C)O[C@@H]2[C@H](O1)[C@@H](OCc1ccccc1)O[C@@H]2[C@H](O)CO. The lowest BCUT2D eigenvalue weighted by Gasteiger charge is -2.25. The van der Waals surface area contributed by atoms with E-state index in [4.69, 9.17) is 18.9 Å². The van der Waals surface area contributed by atoms with E-state index in [1.807, 2.05) is 44.2 Å². The molecule has 0 aromatic heterocycles. The van der Waals surface area contributed by atoms with Crippen LogP contribution in [-0.4, -0.2) is 53.3 Å². The molecule has 2 N–H and O–H groups in total. The molecule has 3 rings (SSSR count). The molecule has 0 spiro atoms. The minimum Gasteiger partial charge on any atom is -0.394 e. The number of ether oxygens (including phenoxy) is 4. The maximum atomic E-state index is 9.91. The molecule has 0 amide bonds. The van der Waals surface area contributed by atoms with Crippen LogP contribution < -0.4 is 0 Å². The Balaban J connectivity index is 1.69. The van der Waals surface area contributed by atoms with Crippen LogP contribution in [0.2, 0.25) is 0 Å². The Morgan fingerprint density at radius 1 is 1.18 bits per heavy atom. The Hall–Kier alpha value is -1.02. The van der Waals surface area contributed by atoms with E-state index in [9.17, 15) is 10.2 Å². The van der Waals surface area contributed by atoms with Crippen molar-refractivity contribution < 1.29 is 29.2 Å². The third kappa shape index (κ3) is 3.17. The molecule has 2 saturated heterocycles. The summed E-state index contributed by atoms with van der Waals surface area (Å²) in [5.74, 6) is -0.763. The van der Waals surface area contributed by atoms with Crippen LogP contribution in [0.5, 0.6) is 0 Å². The molecular weight excluding hydrogens is 288 g/mol. The molecule has 0 radical (unpaired) electrons. The second-order valence-corrected chi connectivity index (χ2v) is 6.08. The number of hydrogen-bond acceptors (Lipinski definition) is 6. The van der Waals surface area contributed by atoms with Crippen LogP contribution in [-0.2, 0) is 25.6 Å². The molecule has 0 saturated carbocycles. The fourth-order valence-electron chi connectivity index (χ4n) is 2.89. The van der Waals surface area contributed by atoms with E-state index in [0.717, 1.165) is 5.56 Å². The Labute approximate surface area is 129 Å². The van der Waals surface area contributed by atoms with Crippen LogP contribution in [0.25, 0.3) is 0 Å². The maximum absolute atomic E-state index is 9.91. The summed E-state index contributed by atoms with van der Waals surface area (Å²) in [6.45, 7) is 3.59. The number of rotatable bonds is 5. The number of aliphatic hydroxyl groups is 2. The summed E-state index contributed by atoms with van der Waals surface area (Å²) >= 11 is 0. The number of benzene rings is 1. The molecule has 22 heavy (non-hydrogen) atoms. The molecule has 2 aliphatic heterocycles. The van der Waals surface area contributed by atoms with E-state index < -0.39 is 43.1 Å². The van der Waals surface area contributed by atoms with Crippen LogP contribution in [0.3, 0.4) is 0 Å². The molecule has 1 aromatic carbocycles. The van der Waals surface area contributed by atoms with Crippen molar-refractivity contribution in [2.45, 2.75) is 56.9 Å². The first-order chi connectivity index (χ1) is 10.5. The standard InChI is InChI=1S/C16H22O6/c1-16(2)21-13-12(11(18)8-17)20-15(14(13)22-16)19-9-10-6-4-3-5-7-10/h3-7,11-15,17-18H,8-9H2,1-2H3/t11-,12-,13+,14+,15+/m1/s1. The van der Waals surface area contributed by atoms with Crippen molar-refractivity contribution >= 4 is 0 Å². The Morgan fingerprint density at radius 2 is 1.86 bits per heavy atom. The lowest BCUT2D eigenvalue weighted by molar-refractivity contribution is -0.247. The smallest absolute Gasteiger partial charge is 0.187 e. The van der Waals surface area contributed by atoms with Gasteiger partial charge in [0.15, 0.2) is 12.1 Å². The summed E-state index contributed by atoms with van der Waals surface area (Å²) in [4.78, 5) is 0. The molecule has 2 fully saturated rings. The highest BCUT2D eigenvalue weighted by molar-refractivity contribution is 5.13. The molecule has 2 heterocycles. The van der Waals surface area contributed by atoms with Gasteiger partial charge in [0.05, 0.1) is 13.2 Å². The lowest BCUT2D eigenvalue weighted by Crippen LogP contribution is -2.40. The first kappa shape index (κ1) is 15.9. The molecular formula is C16H22O6. The second kappa shape index (κ2) is 6.23. The van der Waals surface area contributed by atoms with Gasteiger partial charge in [0.25, 0.3) is 0 Å². The van der Waals surface area contributed by atoms with Crippen molar-refractivity contribution in [1.29, 1.82) is 0 Å². The quantitative estimate of drug-likeness (QED) is 0.838. The lowest BCUT2D eigenvalue weighted by atomic mass is 10.1. The molecule has 0 unspecified atom stereocenters. The zero-order valence-corrected chi connectivity index (χ0v) is 12.7. The molecule has 6 heteroatoms. The predicted octanol–water partition coefficient (Wildman–Crippen LogP) is 0.801. The third-order valence-corrected chi connectivity index (χ3v) is 3.87. The first-order valence-corrected chi connectivity index (χ1v) is 7.46. The van der Waals surface area contributed by atoms with E-state index in [0.29, 0.717) is 6.61 Å². The molecule has 0 aliphatic carbocycles. The van der Waals surface area contributed by atoms with Crippen LogP contribution >= 0.6 is 0 Å². The minimum atomic E-state index is -1.03. The summed E-state index contributed by atoms with van der Waals surface area (Å²) in [5.41, 5.74) is 1.02. The third-order valence-electron chi connectivity index (χ3n) is 3.87. The fraction of sp³-hybridized carbons (Fsp3) is 0.625. The highest BCUT2D eigenvalue weighted by Crippen LogP contribution is 2.40. The Bertz CT molecular complexity index is 491. The zero-order chi connectivity index (χ0) is 15.7. The Morgan fingerprint density at radius 3 is 2.55 bits per heavy atom. The average Bonchev–Trinajstić information content (AvgIpc) is 2.99. The van der Waals surface area contributed by atoms with Crippen LogP contribution in [0.1, 0.15) is 19.4 Å². The van der Waals surface area contributed by atoms with Gasteiger partial charge in [0.1, 0.15) is 24.4 Å². The van der Waals surface area contributed by atoms with Crippen molar-refractivity contribution in [3.8, 4) is 0 Å². The van der Waals surface area contributed by atoms with Gasteiger partial charge in [-0.1, -0.05) is 30.3 Å². The molecule has 122 valence electrons. The first-order valence-electron chi connectivity index (χ1n) is 7.46. The van der Waals surface area contributed by atoms with Gasteiger partial charge in [-0.15, -0.1) is 0 Å². The minimum absolute atomic E-state index is 0.375. The average molecular weight is 310 g/mol. The summed E-state index contributed by atoms with van der Waals surface area (Å²) in [6, 6.07) is 9.74. The van der Waals surface area contributed by atoms with Gasteiger partial charge in [-0.25, -0.2) is 0 Å². The summed E-state index contributed by atoms with van der Waals surface area (Å²) in [7, 11) is 0. The molecule has 6 nitrogen and oxygen atoms in total. The van der Waals surface area contributed by atoms with Gasteiger partial charge >= 0.3 is 0 Å². The van der Waals surface area contributed by atoms with Crippen LogP contribution in [0, 0.1) is 0 Å². The van der Waals surface area contributed by atoms with Gasteiger partial charge in [0, 0.05) is 0 Å². The monoisotopic (exact) mass is 310 g/mol. The van der Waals surface area contributed by atoms with E-state index >= 15 is 0 Å². The number of fused-ring (bicyclic) bond motifs is 1. The van der Waals surface area contributed by atoms with E-state index in [-0.39, 0.29) is 0 Å². The maximum Gasteiger partial charge on any atom is 0.187 e. The van der Waals surface area contributed by atoms with E-state index in [2.05, 4.69) is 0 Å². The highest BCUT2D eigenvalue weighted by Gasteiger charge is 2.57. The van der Waals surface area contributed by atoms with Crippen LogP contribution in [0.15, 0.2) is 30.3 Å². The second-order valence-electron chi connectivity index (χ2n) is 6.08. The predicted molar refractivity (Wildman–Crippen MR) is 76.8 cm³/mol. The fourth-order valence-corrected chi connectivity index (χ4v) is 2.89. The molecule has 2 aliphatic rings. The Kier molecular flexibility index (Phi) is 4.49. The van der Waals surface area contributed by atoms with Gasteiger partial charge in [-0.05, 0) is 19.4 Å². The summed E-state index contributed by atoms with van der Waals surface area (Å²) in [6.07, 6.45) is -3.23. The van der Waals surface area contributed by atoms with E-state index in [1.54, 1.807) is 0 Å². The topological polar surface area (TPSA) is 77.4 Å². The van der Waals surface area contributed by atoms with Crippen molar-refractivity contribution in [1.82, 2.24) is 0 Å².